The van der Waals surface area contributed by atoms with E-state index in [2.05, 4.69) is 26.1 Å². The summed E-state index contributed by atoms with van der Waals surface area (Å²) >= 11 is 6.38. The highest BCUT2D eigenvalue weighted by Gasteiger charge is 2.03. The molecular formula is C12H27OPS2. The van der Waals surface area contributed by atoms with E-state index in [1.54, 1.807) is 0 Å². The molecule has 0 amide bonds. The van der Waals surface area contributed by atoms with E-state index in [1.807, 2.05) is 11.4 Å². The molecule has 0 aliphatic heterocycles. The standard InChI is InChI=1S/C12H27OPS2/c1-3-5-7-9-11-13-14(15)16-12-10-8-6-4-2/h15H,3-12H2,1-2H3. The van der Waals surface area contributed by atoms with Gasteiger partial charge in [0.2, 0.25) is 0 Å². The van der Waals surface area contributed by atoms with Crippen LogP contribution in [0.2, 0.25) is 0 Å². The second kappa shape index (κ2) is 14.2. The van der Waals surface area contributed by atoms with Crippen LogP contribution < -0.4 is 0 Å². The second-order valence-corrected chi connectivity index (χ2v) is 9.10. The number of hydrogen-bond donors (Lipinski definition) is 1. The van der Waals surface area contributed by atoms with Gasteiger partial charge in [-0.3, -0.25) is 0 Å². The fraction of sp³-hybridized carbons (Fsp3) is 1.00. The van der Waals surface area contributed by atoms with E-state index in [0.29, 0.717) is 0 Å². The maximum absolute atomic E-state index is 5.69. The molecule has 4 heteroatoms. The molecule has 0 heterocycles. The van der Waals surface area contributed by atoms with Crippen LogP contribution in [0.4, 0.5) is 0 Å². The Morgan fingerprint density at radius 3 is 2.19 bits per heavy atom. The molecule has 0 bridgehead atoms. The minimum Gasteiger partial charge on any atom is -0.339 e. The smallest absolute Gasteiger partial charge is 0.148 e. The number of rotatable bonds is 12. The molecule has 0 saturated heterocycles. The maximum atomic E-state index is 5.69. The largest absolute Gasteiger partial charge is 0.339 e. The van der Waals surface area contributed by atoms with Crippen LogP contribution >= 0.6 is 30.2 Å². The van der Waals surface area contributed by atoms with E-state index in [-0.39, 0.29) is 0 Å². The zero-order valence-electron chi connectivity index (χ0n) is 10.8. The number of hydrogen-bond acceptors (Lipinski definition) is 3. The first-order valence-corrected chi connectivity index (χ1v) is 10.6. The van der Waals surface area contributed by atoms with Crippen molar-refractivity contribution in [3.05, 3.63) is 0 Å². The van der Waals surface area contributed by atoms with Crippen LogP contribution in [0.25, 0.3) is 0 Å². The molecule has 16 heavy (non-hydrogen) atoms. The van der Waals surface area contributed by atoms with Crippen molar-refractivity contribution < 1.29 is 4.52 Å². The number of thiol groups is 1. The molecular weight excluding hydrogens is 255 g/mol. The lowest BCUT2D eigenvalue weighted by Gasteiger charge is -2.10. The zero-order valence-corrected chi connectivity index (χ0v) is 13.4. The van der Waals surface area contributed by atoms with Gasteiger partial charge in [-0.25, -0.2) is 0 Å². The first kappa shape index (κ1) is 17.1. The van der Waals surface area contributed by atoms with Gasteiger partial charge in [0.25, 0.3) is 0 Å². The lowest BCUT2D eigenvalue weighted by molar-refractivity contribution is 0.350. The van der Waals surface area contributed by atoms with Gasteiger partial charge >= 0.3 is 0 Å². The molecule has 0 fully saturated rings. The summed E-state index contributed by atoms with van der Waals surface area (Å²) in [7, 11) is 0. The molecule has 0 aromatic heterocycles. The van der Waals surface area contributed by atoms with Crippen molar-refractivity contribution in [2.24, 2.45) is 0 Å². The quantitative estimate of drug-likeness (QED) is 0.265. The highest BCUT2D eigenvalue weighted by molar-refractivity contribution is 8.82. The van der Waals surface area contributed by atoms with E-state index in [9.17, 15) is 0 Å². The fourth-order valence-electron chi connectivity index (χ4n) is 1.38. The molecule has 0 aliphatic carbocycles. The first-order chi connectivity index (χ1) is 7.81. The molecule has 0 rings (SSSR count). The van der Waals surface area contributed by atoms with Crippen LogP contribution in [0, 0.1) is 0 Å². The summed E-state index contributed by atoms with van der Waals surface area (Å²) in [5.74, 6) is 1.21. The summed E-state index contributed by atoms with van der Waals surface area (Å²) < 4.78 is 5.69. The molecule has 1 unspecified atom stereocenters. The molecule has 98 valence electrons. The normalized spacial score (nSPS) is 12.9. The van der Waals surface area contributed by atoms with Crippen LogP contribution in [0.1, 0.15) is 65.2 Å². The molecule has 1 atom stereocenters. The van der Waals surface area contributed by atoms with Crippen LogP contribution in [0.15, 0.2) is 0 Å². The van der Waals surface area contributed by atoms with Crippen molar-refractivity contribution in [1.29, 1.82) is 0 Å². The maximum Gasteiger partial charge on any atom is 0.148 e. The SMILES string of the molecule is CCCCCCOP(S)SCCCCCC. The van der Waals surface area contributed by atoms with Crippen molar-refractivity contribution >= 4 is 30.2 Å². The topological polar surface area (TPSA) is 9.23 Å². The summed E-state index contributed by atoms with van der Waals surface area (Å²) in [5.41, 5.74) is 0. The third-order valence-electron chi connectivity index (χ3n) is 2.40. The van der Waals surface area contributed by atoms with Gasteiger partial charge < -0.3 is 4.52 Å². The van der Waals surface area contributed by atoms with Crippen molar-refractivity contribution in [1.82, 2.24) is 0 Å². The van der Waals surface area contributed by atoms with Crippen LogP contribution in [-0.4, -0.2) is 12.4 Å². The molecule has 0 N–H and O–H groups in total. The van der Waals surface area contributed by atoms with Crippen molar-refractivity contribution in [3.8, 4) is 0 Å². The lowest BCUT2D eigenvalue weighted by atomic mass is 10.2. The van der Waals surface area contributed by atoms with Crippen LogP contribution in [0.5, 0.6) is 0 Å². The Morgan fingerprint density at radius 1 is 0.938 bits per heavy atom. The summed E-state index contributed by atoms with van der Waals surface area (Å²) in [5, 5.41) is 0. The van der Waals surface area contributed by atoms with E-state index < -0.39 is 6.55 Å². The van der Waals surface area contributed by atoms with Gasteiger partial charge in [0.05, 0.1) is 6.61 Å². The van der Waals surface area contributed by atoms with Gasteiger partial charge in [-0.15, -0.1) is 12.2 Å². The zero-order chi connectivity index (χ0) is 12.1. The van der Waals surface area contributed by atoms with Crippen LogP contribution in [0.3, 0.4) is 0 Å². The van der Waals surface area contributed by atoms with E-state index in [0.717, 1.165) is 6.61 Å². The van der Waals surface area contributed by atoms with E-state index in [4.69, 9.17) is 4.52 Å². The summed E-state index contributed by atoms with van der Waals surface area (Å²) in [4.78, 5) is 0. The average Bonchev–Trinajstić information content (AvgIpc) is 2.28. The highest BCUT2D eigenvalue weighted by Crippen LogP contribution is 2.55. The van der Waals surface area contributed by atoms with E-state index in [1.165, 1.54) is 57.1 Å². The highest BCUT2D eigenvalue weighted by atomic mass is 33.1. The first-order valence-electron chi connectivity index (χ1n) is 6.56. The minimum atomic E-state index is -0.511. The molecule has 0 saturated carbocycles. The lowest BCUT2D eigenvalue weighted by Crippen LogP contribution is -1.87. The Labute approximate surface area is 112 Å². The predicted molar refractivity (Wildman–Crippen MR) is 82.6 cm³/mol. The van der Waals surface area contributed by atoms with E-state index >= 15 is 0 Å². The third kappa shape index (κ3) is 13.2. The van der Waals surface area contributed by atoms with Gasteiger partial charge in [-0.05, 0) is 12.8 Å². The summed E-state index contributed by atoms with van der Waals surface area (Å²) in [6.45, 7) is 4.87. The summed E-state index contributed by atoms with van der Waals surface area (Å²) in [6, 6.07) is 0. The Balaban J connectivity index is 3.09. The molecule has 0 aliphatic rings. The Bertz CT molecular complexity index is 122. The monoisotopic (exact) mass is 282 g/mol. The van der Waals surface area contributed by atoms with Gasteiger partial charge in [0, 0.05) is 5.75 Å². The van der Waals surface area contributed by atoms with Gasteiger partial charge in [0.1, 0.15) is 6.55 Å². The van der Waals surface area contributed by atoms with Gasteiger partial charge in [-0.2, -0.15) is 0 Å². The average molecular weight is 282 g/mol. The Kier molecular flexibility index (Phi) is 15.1. The number of unbranched alkanes of at least 4 members (excludes halogenated alkanes) is 6. The molecule has 0 aromatic carbocycles. The second-order valence-electron chi connectivity index (χ2n) is 4.03. The van der Waals surface area contributed by atoms with Crippen LogP contribution in [-0.2, 0) is 4.52 Å². The van der Waals surface area contributed by atoms with Crippen molar-refractivity contribution in [2.75, 3.05) is 12.4 Å². The molecule has 0 radical (unpaired) electrons. The van der Waals surface area contributed by atoms with Crippen molar-refractivity contribution in [3.63, 3.8) is 0 Å². The van der Waals surface area contributed by atoms with Crippen molar-refractivity contribution in [2.45, 2.75) is 65.2 Å². The third-order valence-corrected chi connectivity index (χ3v) is 6.41. The summed E-state index contributed by atoms with van der Waals surface area (Å²) in [6.07, 6.45) is 10.5. The van der Waals surface area contributed by atoms with Gasteiger partial charge in [0.15, 0.2) is 0 Å². The molecule has 0 spiro atoms. The fourth-order valence-corrected chi connectivity index (χ4v) is 4.51. The Morgan fingerprint density at radius 2 is 1.56 bits per heavy atom. The predicted octanol–water partition coefficient (Wildman–Crippen LogP) is 6.05. The molecule has 1 nitrogen and oxygen atoms in total. The van der Waals surface area contributed by atoms with Gasteiger partial charge in [-0.1, -0.05) is 63.8 Å². The Hall–Kier alpha value is 1.09. The molecule has 0 aromatic rings. The minimum absolute atomic E-state index is 0.511.